The first-order valence-corrected chi connectivity index (χ1v) is 5.69. The number of nitrogens with one attached hydrogen (secondary N) is 1. The number of rotatable bonds is 5. The van der Waals surface area contributed by atoms with Crippen LogP contribution in [0.1, 0.15) is 25.7 Å². The van der Waals surface area contributed by atoms with E-state index < -0.39 is 6.09 Å². The average molecular weight is 228 g/mol. The monoisotopic (exact) mass is 228 g/mol. The van der Waals surface area contributed by atoms with Crippen molar-refractivity contribution in [3.8, 4) is 0 Å². The third kappa shape index (κ3) is 4.08. The lowest BCUT2D eigenvalue weighted by molar-refractivity contribution is -0.130. The first kappa shape index (κ1) is 12.8. The summed E-state index contributed by atoms with van der Waals surface area (Å²) < 4.78 is 4.41. The molecule has 1 rings (SSSR count). The maximum Gasteiger partial charge on any atom is 0.406 e. The molecule has 0 aromatic rings. The van der Waals surface area contributed by atoms with Crippen LogP contribution < -0.4 is 5.32 Å². The number of methoxy groups -OCH3 is 1. The van der Waals surface area contributed by atoms with Gasteiger partial charge in [-0.1, -0.05) is 6.42 Å². The summed E-state index contributed by atoms with van der Waals surface area (Å²) in [5.41, 5.74) is 0. The molecule has 0 heterocycles. The van der Waals surface area contributed by atoms with Crippen molar-refractivity contribution >= 4 is 12.0 Å². The van der Waals surface area contributed by atoms with Crippen molar-refractivity contribution in [2.24, 2.45) is 5.92 Å². The van der Waals surface area contributed by atoms with Gasteiger partial charge in [-0.3, -0.25) is 4.79 Å². The van der Waals surface area contributed by atoms with Crippen LogP contribution in [-0.4, -0.2) is 44.1 Å². The lowest BCUT2D eigenvalue weighted by Crippen LogP contribution is -2.36. The number of nitrogens with zero attached hydrogens (tertiary/aromatic N) is 1. The lowest BCUT2D eigenvalue weighted by atomic mass is 9.85. The van der Waals surface area contributed by atoms with Crippen molar-refractivity contribution in [1.82, 2.24) is 10.2 Å². The van der Waals surface area contributed by atoms with Crippen molar-refractivity contribution in [3.63, 3.8) is 0 Å². The third-order valence-electron chi connectivity index (χ3n) is 2.98. The molecule has 0 aliphatic heterocycles. The van der Waals surface area contributed by atoms with Gasteiger partial charge in [0.1, 0.15) is 0 Å². The van der Waals surface area contributed by atoms with Crippen LogP contribution in [0, 0.1) is 5.92 Å². The average Bonchev–Trinajstić information content (AvgIpc) is 2.22. The first-order valence-electron chi connectivity index (χ1n) is 5.69. The van der Waals surface area contributed by atoms with Crippen molar-refractivity contribution in [1.29, 1.82) is 0 Å². The summed E-state index contributed by atoms with van der Waals surface area (Å²) in [5.74, 6) is 0.755. The summed E-state index contributed by atoms with van der Waals surface area (Å²) in [6.45, 7) is 1.18. The molecule has 0 spiro atoms. The Bertz CT molecular complexity index is 252. The van der Waals surface area contributed by atoms with Crippen LogP contribution in [0.25, 0.3) is 0 Å². The number of carbonyl (C=O) groups excluding carboxylic acids is 2. The minimum atomic E-state index is -0.491. The fourth-order valence-electron chi connectivity index (χ4n) is 1.70. The summed E-state index contributed by atoms with van der Waals surface area (Å²) in [7, 11) is 3.12. The number of hydrogen-bond donors (Lipinski definition) is 1. The maximum absolute atomic E-state index is 11.6. The molecule has 1 N–H and O–H groups in total. The van der Waals surface area contributed by atoms with Crippen molar-refractivity contribution in [2.45, 2.75) is 25.7 Å². The molecule has 0 radical (unpaired) electrons. The minimum absolute atomic E-state index is 0.0725. The summed E-state index contributed by atoms with van der Waals surface area (Å²) in [6, 6.07) is 0. The minimum Gasteiger partial charge on any atom is -0.453 e. The number of alkyl carbamates (subject to hydrolysis) is 1. The van der Waals surface area contributed by atoms with Crippen LogP contribution >= 0.6 is 0 Å². The largest absolute Gasteiger partial charge is 0.453 e. The number of hydrogen-bond acceptors (Lipinski definition) is 3. The molecule has 1 aliphatic carbocycles. The predicted molar refractivity (Wildman–Crippen MR) is 60.0 cm³/mol. The van der Waals surface area contributed by atoms with Crippen molar-refractivity contribution in [3.05, 3.63) is 0 Å². The summed E-state index contributed by atoms with van der Waals surface area (Å²) in [6.07, 6.45) is 3.60. The third-order valence-corrected chi connectivity index (χ3v) is 2.98. The Morgan fingerprint density at radius 2 is 2.12 bits per heavy atom. The molecular formula is C11H20N2O3. The van der Waals surface area contributed by atoms with Gasteiger partial charge in [-0.2, -0.15) is 0 Å². The van der Waals surface area contributed by atoms with Crippen LogP contribution in [0.5, 0.6) is 0 Å². The zero-order valence-corrected chi connectivity index (χ0v) is 9.99. The highest BCUT2D eigenvalue weighted by Gasteiger charge is 2.21. The van der Waals surface area contributed by atoms with E-state index in [9.17, 15) is 9.59 Å². The molecule has 5 heteroatoms. The van der Waals surface area contributed by atoms with E-state index in [1.54, 1.807) is 4.90 Å². The van der Waals surface area contributed by atoms with E-state index in [-0.39, 0.29) is 5.91 Å². The fraction of sp³-hybridized carbons (Fsp3) is 0.818. The van der Waals surface area contributed by atoms with E-state index in [0.29, 0.717) is 18.9 Å². The number of carbonyl (C=O) groups is 2. The Labute approximate surface area is 96.1 Å². The molecule has 5 nitrogen and oxygen atoms in total. The Balaban J connectivity index is 2.10. The standard InChI is InChI=1S/C11H20N2O3/c1-13(8-9-4-3-5-9)10(14)6-7-12-11(15)16-2/h9H,3-8H2,1-2H3,(H,12,15). The highest BCUT2D eigenvalue weighted by atomic mass is 16.5. The van der Waals surface area contributed by atoms with Gasteiger partial charge in [-0.05, 0) is 18.8 Å². The second-order valence-corrected chi connectivity index (χ2v) is 4.24. The van der Waals surface area contributed by atoms with Gasteiger partial charge in [0, 0.05) is 26.6 Å². The zero-order valence-electron chi connectivity index (χ0n) is 9.99. The SMILES string of the molecule is COC(=O)NCCC(=O)N(C)CC1CCC1. The van der Waals surface area contributed by atoms with E-state index in [1.165, 1.54) is 26.4 Å². The van der Waals surface area contributed by atoms with E-state index >= 15 is 0 Å². The second-order valence-electron chi connectivity index (χ2n) is 4.24. The van der Waals surface area contributed by atoms with Crippen molar-refractivity contribution in [2.75, 3.05) is 27.2 Å². The Morgan fingerprint density at radius 3 is 2.62 bits per heavy atom. The zero-order chi connectivity index (χ0) is 12.0. The Kier molecular flexibility index (Phi) is 5.08. The molecule has 16 heavy (non-hydrogen) atoms. The van der Waals surface area contributed by atoms with Crippen LogP contribution in [0.3, 0.4) is 0 Å². The van der Waals surface area contributed by atoms with Gasteiger partial charge >= 0.3 is 6.09 Å². The van der Waals surface area contributed by atoms with Crippen LogP contribution in [0.2, 0.25) is 0 Å². The van der Waals surface area contributed by atoms with E-state index in [1.807, 2.05) is 7.05 Å². The topological polar surface area (TPSA) is 58.6 Å². The van der Waals surface area contributed by atoms with Gasteiger partial charge in [-0.25, -0.2) is 4.79 Å². The Morgan fingerprint density at radius 1 is 1.44 bits per heavy atom. The molecular weight excluding hydrogens is 208 g/mol. The second kappa shape index (κ2) is 6.35. The van der Waals surface area contributed by atoms with Gasteiger partial charge in [0.05, 0.1) is 7.11 Å². The molecule has 2 amide bonds. The smallest absolute Gasteiger partial charge is 0.406 e. The molecule has 92 valence electrons. The quantitative estimate of drug-likeness (QED) is 0.763. The summed E-state index contributed by atoms with van der Waals surface area (Å²) >= 11 is 0. The molecule has 0 atom stereocenters. The molecule has 0 aromatic heterocycles. The molecule has 0 saturated heterocycles. The summed E-state index contributed by atoms with van der Waals surface area (Å²) in [5, 5.41) is 2.49. The van der Waals surface area contributed by atoms with Crippen LogP contribution in [-0.2, 0) is 9.53 Å². The fourth-order valence-corrected chi connectivity index (χ4v) is 1.70. The van der Waals surface area contributed by atoms with Gasteiger partial charge in [0.25, 0.3) is 0 Å². The van der Waals surface area contributed by atoms with Crippen LogP contribution in [0.4, 0.5) is 4.79 Å². The number of ether oxygens (including phenoxy) is 1. The van der Waals surface area contributed by atoms with Crippen molar-refractivity contribution < 1.29 is 14.3 Å². The van der Waals surface area contributed by atoms with Gasteiger partial charge in [-0.15, -0.1) is 0 Å². The van der Waals surface area contributed by atoms with E-state index in [4.69, 9.17) is 0 Å². The predicted octanol–water partition coefficient (Wildman–Crippen LogP) is 0.991. The van der Waals surface area contributed by atoms with E-state index in [0.717, 1.165) is 6.54 Å². The highest BCUT2D eigenvalue weighted by Crippen LogP contribution is 2.26. The molecule has 1 aliphatic rings. The lowest BCUT2D eigenvalue weighted by Gasteiger charge is -2.30. The van der Waals surface area contributed by atoms with E-state index in [2.05, 4.69) is 10.1 Å². The Hall–Kier alpha value is -1.26. The number of amides is 2. The maximum atomic E-state index is 11.6. The molecule has 0 bridgehead atoms. The molecule has 0 aromatic carbocycles. The molecule has 1 fully saturated rings. The van der Waals surface area contributed by atoms with Crippen LogP contribution in [0.15, 0.2) is 0 Å². The summed E-state index contributed by atoms with van der Waals surface area (Å²) in [4.78, 5) is 24.1. The van der Waals surface area contributed by atoms with Gasteiger partial charge < -0.3 is 15.0 Å². The first-order chi connectivity index (χ1) is 7.63. The molecule has 0 unspecified atom stereocenters. The van der Waals surface area contributed by atoms with Gasteiger partial charge in [0.2, 0.25) is 5.91 Å². The highest BCUT2D eigenvalue weighted by molar-refractivity contribution is 5.76. The normalized spacial score (nSPS) is 15.1. The van der Waals surface area contributed by atoms with Gasteiger partial charge in [0.15, 0.2) is 0 Å². The molecule has 1 saturated carbocycles.